The van der Waals surface area contributed by atoms with Gasteiger partial charge in [-0.05, 0) is 53.2 Å². The summed E-state index contributed by atoms with van der Waals surface area (Å²) in [6.45, 7) is 4.51. The molecule has 19 heavy (non-hydrogen) atoms. The summed E-state index contributed by atoms with van der Waals surface area (Å²) in [4.78, 5) is 3.06. The van der Waals surface area contributed by atoms with Crippen molar-refractivity contribution >= 4 is 10.0 Å². The fourth-order valence-corrected chi connectivity index (χ4v) is 6.38. The molecule has 2 aromatic rings. The Balaban J connectivity index is 2.24. The van der Waals surface area contributed by atoms with Crippen LogP contribution in [0.4, 0.5) is 0 Å². The van der Waals surface area contributed by atoms with Gasteiger partial charge in [-0.3, -0.25) is 0 Å². The van der Waals surface area contributed by atoms with Crippen molar-refractivity contribution < 1.29 is 0 Å². The molecule has 0 aliphatic carbocycles. The summed E-state index contributed by atoms with van der Waals surface area (Å²) in [5, 5.41) is 2.49. The maximum Gasteiger partial charge on any atom is 0.00114 e. The van der Waals surface area contributed by atoms with Crippen LogP contribution in [-0.2, 0) is 6.42 Å². The average Bonchev–Trinajstić information content (AvgIpc) is 2.46. The third-order valence-corrected chi connectivity index (χ3v) is 7.74. The van der Waals surface area contributed by atoms with Gasteiger partial charge in [-0.15, -0.1) is 0 Å². The molecule has 0 N–H and O–H groups in total. The lowest BCUT2D eigenvalue weighted by Crippen LogP contribution is -2.08. The maximum atomic E-state index is 2.49. The van der Waals surface area contributed by atoms with Crippen LogP contribution in [0.3, 0.4) is 0 Å². The Morgan fingerprint density at radius 2 is 1.89 bits per heavy atom. The molecule has 0 saturated carbocycles. The van der Waals surface area contributed by atoms with Gasteiger partial charge in [0.1, 0.15) is 0 Å². The van der Waals surface area contributed by atoms with Crippen LogP contribution in [-0.4, -0.2) is 5.75 Å². The van der Waals surface area contributed by atoms with E-state index in [1.807, 2.05) is 0 Å². The van der Waals surface area contributed by atoms with Gasteiger partial charge in [0.2, 0.25) is 0 Å². The molecule has 0 nitrogen and oxygen atoms in total. The number of allylic oxidation sites excluding steroid dienone is 1. The van der Waals surface area contributed by atoms with Gasteiger partial charge in [-0.1, -0.05) is 48.9 Å². The van der Waals surface area contributed by atoms with E-state index in [1.165, 1.54) is 21.8 Å². The third kappa shape index (κ3) is 2.02. The highest BCUT2D eigenvalue weighted by Crippen LogP contribution is 2.65. The van der Waals surface area contributed by atoms with Crippen LogP contribution >= 0.6 is 10.0 Å². The SMILES string of the molecule is CCS1(c2cccc(C)c2)C=CCc2ccccc21. The van der Waals surface area contributed by atoms with E-state index in [9.17, 15) is 0 Å². The number of hydrogen-bond donors (Lipinski definition) is 0. The summed E-state index contributed by atoms with van der Waals surface area (Å²) in [6, 6.07) is 18.0. The summed E-state index contributed by atoms with van der Waals surface area (Å²) in [5.74, 6) is 1.18. The van der Waals surface area contributed by atoms with Crippen molar-refractivity contribution in [3.05, 3.63) is 71.1 Å². The van der Waals surface area contributed by atoms with Crippen molar-refractivity contribution in [1.29, 1.82) is 0 Å². The highest BCUT2D eigenvalue weighted by Gasteiger charge is 2.28. The topological polar surface area (TPSA) is 0 Å². The van der Waals surface area contributed by atoms with Crippen molar-refractivity contribution in [2.45, 2.75) is 30.1 Å². The van der Waals surface area contributed by atoms with Crippen LogP contribution in [0.25, 0.3) is 0 Å². The van der Waals surface area contributed by atoms with Crippen molar-refractivity contribution in [1.82, 2.24) is 0 Å². The van der Waals surface area contributed by atoms with E-state index in [2.05, 4.69) is 73.9 Å². The molecule has 0 fully saturated rings. The molecular formula is C18H20S. The summed E-state index contributed by atoms with van der Waals surface area (Å²) < 4.78 is 0. The van der Waals surface area contributed by atoms with Crippen LogP contribution in [0.15, 0.2) is 69.8 Å². The Kier molecular flexibility index (Phi) is 3.24. The molecule has 1 aliphatic heterocycles. The molecule has 1 atom stereocenters. The largest absolute Gasteiger partial charge is 0.167 e. The van der Waals surface area contributed by atoms with E-state index in [0.29, 0.717) is 0 Å². The summed E-state index contributed by atoms with van der Waals surface area (Å²) >= 11 is 0. The van der Waals surface area contributed by atoms with E-state index >= 15 is 0 Å². The molecule has 0 amide bonds. The van der Waals surface area contributed by atoms with Gasteiger partial charge in [0.05, 0.1) is 0 Å². The zero-order valence-electron chi connectivity index (χ0n) is 11.6. The molecule has 0 radical (unpaired) electrons. The van der Waals surface area contributed by atoms with Crippen molar-refractivity contribution in [3.63, 3.8) is 0 Å². The van der Waals surface area contributed by atoms with Gasteiger partial charge in [-0.2, -0.15) is 10.0 Å². The standard InChI is InChI=1S/C18H20S/c1-3-19(17-11-6-8-15(2)14-17)13-7-10-16-9-4-5-12-18(16)19/h4-9,11-14H,3,10H2,1-2H3. The Labute approximate surface area is 117 Å². The molecule has 1 aliphatic rings. The minimum absolute atomic E-state index is 0.977. The van der Waals surface area contributed by atoms with Gasteiger partial charge in [-0.25, -0.2) is 0 Å². The van der Waals surface area contributed by atoms with Crippen LogP contribution in [0.5, 0.6) is 0 Å². The maximum absolute atomic E-state index is 2.49. The van der Waals surface area contributed by atoms with E-state index in [-0.39, 0.29) is 0 Å². The second-order valence-corrected chi connectivity index (χ2v) is 8.43. The Morgan fingerprint density at radius 3 is 2.68 bits per heavy atom. The molecule has 98 valence electrons. The normalized spacial score (nSPS) is 24.5. The number of hydrogen-bond acceptors (Lipinski definition) is 0. The second-order valence-electron chi connectivity index (χ2n) is 5.08. The van der Waals surface area contributed by atoms with Crippen LogP contribution in [0.1, 0.15) is 18.1 Å². The Bertz CT molecular complexity index is 627. The van der Waals surface area contributed by atoms with Crippen LogP contribution < -0.4 is 0 Å². The minimum atomic E-state index is -0.977. The van der Waals surface area contributed by atoms with E-state index in [4.69, 9.17) is 0 Å². The molecule has 2 aromatic carbocycles. The molecule has 0 saturated heterocycles. The molecule has 1 unspecified atom stereocenters. The molecule has 0 bridgehead atoms. The van der Waals surface area contributed by atoms with Crippen LogP contribution in [0, 0.1) is 6.92 Å². The molecular weight excluding hydrogens is 248 g/mol. The monoisotopic (exact) mass is 268 g/mol. The minimum Gasteiger partial charge on any atom is -0.167 e. The highest BCUT2D eigenvalue weighted by atomic mass is 32.3. The Hall–Kier alpha value is -1.47. The first-order chi connectivity index (χ1) is 9.26. The van der Waals surface area contributed by atoms with Crippen molar-refractivity contribution in [2.24, 2.45) is 0 Å². The zero-order valence-corrected chi connectivity index (χ0v) is 12.4. The lowest BCUT2D eigenvalue weighted by Gasteiger charge is -2.40. The average molecular weight is 268 g/mol. The lowest BCUT2D eigenvalue weighted by atomic mass is 10.1. The highest BCUT2D eigenvalue weighted by molar-refractivity contribution is 8.36. The predicted octanol–water partition coefficient (Wildman–Crippen LogP) is 5.31. The van der Waals surface area contributed by atoms with Crippen molar-refractivity contribution in [3.8, 4) is 0 Å². The van der Waals surface area contributed by atoms with Gasteiger partial charge < -0.3 is 0 Å². The fourth-order valence-electron chi connectivity index (χ4n) is 2.91. The van der Waals surface area contributed by atoms with E-state index < -0.39 is 10.0 Å². The fraction of sp³-hybridized carbons (Fsp3) is 0.222. The first-order valence-corrected chi connectivity index (χ1v) is 8.75. The molecule has 1 heteroatoms. The Morgan fingerprint density at radius 1 is 1.05 bits per heavy atom. The number of aryl methyl sites for hydroxylation is 1. The molecule has 3 rings (SSSR count). The lowest BCUT2D eigenvalue weighted by molar-refractivity contribution is 1.14. The van der Waals surface area contributed by atoms with E-state index in [0.717, 1.165) is 6.42 Å². The third-order valence-electron chi connectivity index (χ3n) is 3.90. The van der Waals surface area contributed by atoms with Gasteiger partial charge in [0.15, 0.2) is 0 Å². The summed E-state index contributed by atoms with van der Waals surface area (Å²) in [6.07, 6.45) is 3.44. The summed E-state index contributed by atoms with van der Waals surface area (Å²) in [7, 11) is -0.977. The van der Waals surface area contributed by atoms with Gasteiger partial charge >= 0.3 is 0 Å². The number of benzene rings is 2. The first kappa shape index (κ1) is 12.6. The van der Waals surface area contributed by atoms with Crippen LogP contribution in [0.2, 0.25) is 0 Å². The first-order valence-electron chi connectivity index (χ1n) is 6.88. The van der Waals surface area contributed by atoms with E-state index in [1.54, 1.807) is 4.90 Å². The molecule has 1 heterocycles. The number of fused-ring (bicyclic) bond motifs is 1. The summed E-state index contributed by atoms with van der Waals surface area (Å²) in [5.41, 5.74) is 2.86. The molecule has 0 aromatic heterocycles. The zero-order chi connectivity index (χ0) is 13.3. The quantitative estimate of drug-likeness (QED) is 0.692. The van der Waals surface area contributed by atoms with Crippen molar-refractivity contribution in [2.75, 3.05) is 5.75 Å². The molecule has 0 spiro atoms. The number of rotatable bonds is 2. The predicted molar refractivity (Wildman–Crippen MR) is 85.1 cm³/mol. The smallest absolute Gasteiger partial charge is 0.00114 e. The van der Waals surface area contributed by atoms with Gasteiger partial charge in [0.25, 0.3) is 0 Å². The van der Waals surface area contributed by atoms with Gasteiger partial charge in [0, 0.05) is 4.90 Å². The second kappa shape index (κ2) is 4.90.